The fourth-order valence-electron chi connectivity index (χ4n) is 4.30. The van der Waals surface area contributed by atoms with E-state index in [1.165, 1.54) is 27.4 Å². The second-order valence-electron chi connectivity index (χ2n) is 8.06. The van der Waals surface area contributed by atoms with Crippen LogP contribution in [-0.4, -0.2) is 55.8 Å². The van der Waals surface area contributed by atoms with E-state index in [4.69, 9.17) is 0 Å². The van der Waals surface area contributed by atoms with Gasteiger partial charge in [0, 0.05) is 62.0 Å². The molecule has 29 heavy (non-hydrogen) atoms. The first-order chi connectivity index (χ1) is 14.1. The molecule has 2 aliphatic heterocycles. The highest BCUT2D eigenvalue weighted by Crippen LogP contribution is 2.34. The van der Waals surface area contributed by atoms with Gasteiger partial charge in [0.2, 0.25) is 5.91 Å². The number of hydrogen-bond donors (Lipinski definition) is 0. The first kappa shape index (κ1) is 20.1. The number of hydrogen-bond acceptors (Lipinski definition) is 4. The summed E-state index contributed by atoms with van der Waals surface area (Å²) >= 11 is 1.93. The lowest BCUT2D eigenvalue weighted by Crippen LogP contribution is -2.49. The Labute approximate surface area is 178 Å². The topological polar surface area (TPSA) is 26.8 Å². The summed E-state index contributed by atoms with van der Waals surface area (Å²) in [5, 5.41) is 0. The second kappa shape index (κ2) is 9.12. The minimum Gasteiger partial charge on any atom is -0.370 e. The van der Waals surface area contributed by atoms with Gasteiger partial charge < -0.3 is 14.7 Å². The molecule has 4 nitrogen and oxygen atoms in total. The number of amides is 1. The van der Waals surface area contributed by atoms with Crippen LogP contribution in [0, 0.1) is 13.8 Å². The molecule has 2 aromatic rings. The minimum absolute atomic E-state index is 0.310. The van der Waals surface area contributed by atoms with Crippen LogP contribution in [0.4, 0.5) is 11.4 Å². The van der Waals surface area contributed by atoms with E-state index in [0.29, 0.717) is 12.3 Å². The molecule has 0 N–H and O–H groups in total. The number of para-hydroxylation sites is 1. The third-order valence-electron chi connectivity index (χ3n) is 5.98. The van der Waals surface area contributed by atoms with E-state index in [1.807, 2.05) is 11.8 Å². The lowest BCUT2D eigenvalue weighted by Gasteiger charge is -2.37. The minimum atomic E-state index is 0.310. The third-order valence-corrected chi connectivity index (χ3v) is 7.02. The largest absolute Gasteiger partial charge is 0.370 e. The van der Waals surface area contributed by atoms with Gasteiger partial charge in [-0.05, 0) is 49.6 Å². The number of piperazine rings is 1. The average Bonchev–Trinajstić information content (AvgIpc) is 2.75. The lowest BCUT2D eigenvalue weighted by atomic mass is 10.1. The number of carbonyl (C=O) groups is 1. The van der Waals surface area contributed by atoms with E-state index in [1.54, 1.807) is 0 Å². The molecule has 0 saturated carbocycles. The van der Waals surface area contributed by atoms with Gasteiger partial charge in [0.15, 0.2) is 0 Å². The predicted molar refractivity (Wildman–Crippen MR) is 123 cm³/mol. The second-order valence-corrected chi connectivity index (χ2v) is 9.20. The summed E-state index contributed by atoms with van der Waals surface area (Å²) in [7, 11) is 0. The summed E-state index contributed by atoms with van der Waals surface area (Å²) in [5.41, 5.74) is 5.26. The van der Waals surface area contributed by atoms with Crippen molar-refractivity contribution in [1.29, 1.82) is 0 Å². The third kappa shape index (κ3) is 4.72. The molecule has 0 bridgehead atoms. The molecule has 4 rings (SSSR count). The molecule has 2 aromatic carbocycles. The normalized spacial score (nSPS) is 16.7. The van der Waals surface area contributed by atoms with Crippen molar-refractivity contribution < 1.29 is 4.79 Å². The zero-order chi connectivity index (χ0) is 20.2. The van der Waals surface area contributed by atoms with Crippen LogP contribution in [0.1, 0.15) is 24.0 Å². The molecule has 1 fully saturated rings. The van der Waals surface area contributed by atoms with Gasteiger partial charge >= 0.3 is 0 Å². The van der Waals surface area contributed by atoms with Crippen LogP contribution in [0.25, 0.3) is 0 Å². The number of fused-ring (bicyclic) bond motifs is 1. The number of rotatable bonds is 5. The Morgan fingerprint density at radius 1 is 0.966 bits per heavy atom. The van der Waals surface area contributed by atoms with Gasteiger partial charge in [-0.2, -0.15) is 0 Å². The number of carbonyl (C=O) groups excluding carboxylic acids is 1. The van der Waals surface area contributed by atoms with Crippen molar-refractivity contribution in [2.24, 2.45) is 0 Å². The molecule has 2 heterocycles. The summed E-state index contributed by atoms with van der Waals surface area (Å²) in [6.45, 7) is 9.85. The molecule has 0 spiro atoms. The molecule has 1 amide bonds. The maximum atomic E-state index is 12.7. The Morgan fingerprint density at radius 3 is 2.59 bits per heavy atom. The standard InChI is InChI=1S/C24H31N3OS/c1-19-9-10-20(2)22(18-19)26-12-14-27(15-13-26)24(28)8-5-11-25-16-17-29-23-7-4-3-6-21(23)25/h3-4,6-7,9-10,18H,5,8,11-17H2,1-2H3. The van der Waals surface area contributed by atoms with E-state index < -0.39 is 0 Å². The van der Waals surface area contributed by atoms with E-state index in [-0.39, 0.29) is 0 Å². The van der Waals surface area contributed by atoms with E-state index in [9.17, 15) is 4.79 Å². The molecule has 5 heteroatoms. The van der Waals surface area contributed by atoms with Crippen molar-refractivity contribution in [2.45, 2.75) is 31.6 Å². The fraction of sp³-hybridized carbons (Fsp3) is 0.458. The highest BCUT2D eigenvalue weighted by atomic mass is 32.2. The van der Waals surface area contributed by atoms with Crippen molar-refractivity contribution in [1.82, 2.24) is 4.90 Å². The van der Waals surface area contributed by atoms with Crippen molar-refractivity contribution in [2.75, 3.05) is 54.8 Å². The molecule has 0 unspecified atom stereocenters. The molecular formula is C24H31N3OS. The Hall–Kier alpha value is -2.14. The SMILES string of the molecule is Cc1ccc(C)c(N2CCN(C(=O)CCCN3CCSc4ccccc43)CC2)c1. The summed E-state index contributed by atoms with van der Waals surface area (Å²) in [6, 6.07) is 15.2. The predicted octanol–water partition coefficient (Wildman–Crippen LogP) is 4.34. The highest BCUT2D eigenvalue weighted by Gasteiger charge is 2.22. The smallest absolute Gasteiger partial charge is 0.222 e. The van der Waals surface area contributed by atoms with Gasteiger partial charge in [0.1, 0.15) is 0 Å². The van der Waals surface area contributed by atoms with Crippen molar-refractivity contribution in [3.05, 3.63) is 53.6 Å². The number of anilines is 2. The Kier molecular flexibility index (Phi) is 6.34. The average molecular weight is 410 g/mol. The van der Waals surface area contributed by atoms with Crippen molar-refractivity contribution in [3.63, 3.8) is 0 Å². The molecule has 0 aromatic heterocycles. The summed E-state index contributed by atoms with van der Waals surface area (Å²) in [4.78, 5) is 21.0. The zero-order valence-electron chi connectivity index (χ0n) is 17.6. The Balaban J connectivity index is 1.25. The van der Waals surface area contributed by atoms with Crippen LogP contribution in [0.2, 0.25) is 0 Å². The van der Waals surface area contributed by atoms with Crippen LogP contribution in [-0.2, 0) is 4.79 Å². The van der Waals surface area contributed by atoms with E-state index >= 15 is 0 Å². The van der Waals surface area contributed by atoms with Crippen molar-refractivity contribution >= 4 is 29.0 Å². The van der Waals surface area contributed by atoms with E-state index in [0.717, 1.165) is 51.4 Å². The molecular weight excluding hydrogens is 378 g/mol. The molecule has 0 radical (unpaired) electrons. The van der Waals surface area contributed by atoms with Crippen LogP contribution in [0.15, 0.2) is 47.4 Å². The van der Waals surface area contributed by atoms with Gasteiger partial charge in [-0.1, -0.05) is 24.3 Å². The van der Waals surface area contributed by atoms with Gasteiger partial charge in [0.05, 0.1) is 5.69 Å². The quantitative estimate of drug-likeness (QED) is 0.734. The zero-order valence-corrected chi connectivity index (χ0v) is 18.4. The fourth-order valence-corrected chi connectivity index (χ4v) is 5.35. The van der Waals surface area contributed by atoms with Gasteiger partial charge in [-0.25, -0.2) is 0 Å². The molecule has 0 aliphatic carbocycles. The number of aryl methyl sites for hydroxylation is 2. The number of thioether (sulfide) groups is 1. The highest BCUT2D eigenvalue weighted by molar-refractivity contribution is 7.99. The Morgan fingerprint density at radius 2 is 1.76 bits per heavy atom. The molecule has 2 aliphatic rings. The van der Waals surface area contributed by atoms with Crippen LogP contribution in [0.5, 0.6) is 0 Å². The molecule has 154 valence electrons. The van der Waals surface area contributed by atoms with Crippen LogP contribution in [0.3, 0.4) is 0 Å². The molecule has 0 atom stereocenters. The van der Waals surface area contributed by atoms with Crippen LogP contribution >= 0.6 is 11.8 Å². The van der Waals surface area contributed by atoms with Gasteiger partial charge in [-0.15, -0.1) is 11.8 Å². The maximum absolute atomic E-state index is 12.7. The molecule has 1 saturated heterocycles. The van der Waals surface area contributed by atoms with Crippen LogP contribution < -0.4 is 9.80 Å². The van der Waals surface area contributed by atoms with Gasteiger partial charge in [0.25, 0.3) is 0 Å². The number of benzene rings is 2. The maximum Gasteiger partial charge on any atom is 0.222 e. The first-order valence-electron chi connectivity index (χ1n) is 10.7. The van der Waals surface area contributed by atoms with Crippen molar-refractivity contribution in [3.8, 4) is 0 Å². The number of nitrogens with zero attached hydrogens (tertiary/aromatic N) is 3. The monoisotopic (exact) mass is 409 g/mol. The Bertz CT molecular complexity index is 861. The summed E-state index contributed by atoms with van der Waals surface area (Å²) in [6.07, 6.45) is 1.57. The summed E-state index contributed by atoms with van der Waals surface area (Å²) in [5.74, 6) is 1.44. The van der Waals surface area contributed by atoms with E-state index in [2.05, 4.69) is 71.0 Å². The first-order valence-corrected chi connectivity index (χ1v) is 11.7. The van der Waals surface area contributed by atoms with Gasteiger partial charge in [-0.3, -0.25) is 4.79 Å². The summed E-state index contributed by atoms with van der Waals surface area (Å²) < 4.78 is 0. The lowest BCUT2D eigenvalue weighted by molar-refractivity contribution is -0.131.